The molecule has 1 saturated carbocycles. The third-order valence-electron chi connectivity index (χ3n) is 12.7. The number of amides is 1. The van der Waals surface area contributed by atoms with Crippen molar-refractivity contribution in [2.24, 2.45) is 0 Å². The molecule has 2 fully saturated rings. The Kier molecular flexibility index (Phi) is 10.7. The van der Waals surface area contributed by atoms with Crippen LogP contribution in [0, 0.1) is 0 Å². The van der Waals surface area contributed by atoms with Gasteiger partial charge < -0.3 is 59.7 Å². The molecule has 1 aromatic heterocycles. The molecule has 14 nitrogen and oxygen atoms in total. The first-order valence-corrected chi connectivity index (χ1v) is 20.4. The van der Waals surface area contributed by atoms with E-state index in [0.29, 0.717) is 28.8 Å². The number of ketones is 1. The molecule has 6 atom stereocenters. The number of hydrogen-bond donors (Lipinski definition) is 7. The Labute approximate surface area is 345 Å². The minimum absolute atomic E-state index is 0.0453. The van der Waals surface area contributed by atoms with Crippen molar-refractivity contribution in [2.75, 3.05) is 33.9 Å². The number of fused-ring (bicyclic) bond motifs is 7. The number of aliphatic hydroxyl groups is 4. The molecule has 3 aliphatic heterocycles. The van der Waals surface area contributed by atoms with Gasteiger partial charge in [-0.15, -0.1) is 0 Å². The van der Waals surface area contributed by atoms with Crippen LogP contribution in [0.3, 0.4) is 0 Å². The predicted molar refractivity (Wildman–Crippen MR) is 221 cm³/mol. The standard InChI is InChI=1S/C46H49N3O11/c1-47-18-24-11-13-33-31(15-24)32(19-48-33)35-14-12-29-36(57-2)17-27-16-30(25-7-3-4-8-25)39(34(51)21-49-20-26-9-5-6-10-28(26)44(49)55)41(53)38(27)42(29)60-45-46(56,23-50)43(54)40(52)37(59-45)22-58-35/h5-6,9-17,19,25,35,37,40,43,45,47-48,50,52-54,56H,3-4,7-8,18,20-23H2,1-2H3/b14-12+/t35-,37-,40-,43+,45-,46-/m1/s1. The minimum Gasteiger partial charge on any atom is -0.506 e. The Balaban J connectivity index is 1.24. The number of H-pyrrole nitrogens is 1. The van der Waals surface area contributed by atoms with Gasteiger partial charge in [0.25, 0.3) is 5.91 Å². The Hall–Kier alpha value is -5.32. The van der Waals surface area contributed by atoms with Crippen molar-refractivity contribution in [1.29, 1.82) is 0 Å². The zero-order valence-corrected chi connectivity index (χ0v) is 33.4. The second-order valence-electron chi connectivity index (χ2n) is 16.3. The molecular formula is C46H49N3O11. The van der Waals surface area contributed by atoms with Gasteiger partial charge in [0.1, 0.15) is 41.7 Å². The number of Topliss-reactive ketones (excluding diaryl/α,β-unsaturated/α-hetero) is 1. The number of carbonyl (C=O) groups excluding carboxylic acids is 2. The van der Waals surface area contributed by atoms with E-state index in [1.807, 2.05) is 49.6 Å². The van der Waals surface area contributed by atoms with Crippen LogP contribution in [0.2, 0.25) is 0 Å². The number of benzene rings is 4. The summed E-state index contributed by atoms with van der Waals surface area (Å²) in [5.41, 5.74) is 2.41. The number of methoxy groups -OCH3 is 1. The van der Waals surface area contributed by atoms with Crippen LogP contribution in [0.5, 0.6) is 17.2 Å². The van der Waals surface area contributed by atoms with Gasteiger partial charge in [-0.1, -0.05) is 43.2 Å². The number of phenols is 1. The molecule has 7 N–H and O–H groups in total. The number of rotatable bonds is 9. The number of aromatic amines is 1. The topological polar surface area (TPSA) is 203 Å². The number of hydrogen-bond acceptors (Lipinski definition) is 12. The van der Waals surface area contributed by atoms with E-state index >= 15 is 0 Å². The molecule has 14 heteroatoms. The molecule has 0 radical (unpaired) electrons. The summed E-state index contributed by atoms with van der Waals surface area (Å²) in [6, 6.07) is 16.8. The molecule has 4 aliphatic rings. The van der Waals surface area contributed by atoms with Gasteiger partial charge in [0.2, 0.25) is 6.29 Å². The molecule has 5 aromatic rings. The third kappa shape index (κ3) is 6.72. The Morgan fingerprint density at radius 2 is 1.88 bits per heavy atom. The largest absolute Gasteiger partial charge is 0.506 e. The molecule has 9 rings (SSSR count). The van der Waals surface area contributed by atoms with Crippen LogP contribution in [-0.2, 0) is 22.6 Å². The van der Waals surface area contributed by atoms with Crippen LogP contribution in [0.25, 0.3) is 27.8 Å². The third-order valence-corrected chi connectivity index (χ3v) is 12.7. The molecule has 1 amide bonds. The Bertz CT molecular complexity index is 2510. The summed E-state index contributed by atoms with van der Waals surface area (Å²) in [5.74, 6) is -0.946. The Morgan fingerprint density at radius 1 is 1.08 bits per heavy atom. The van der Waals surface area contributed by atoms with Crippen LogP contribution < -0.4 is 14.8 Å². The number of nitrogens with zero attached hydrogens (tertiary/aromatic N) is 1. The average molecular weight is 820 g/mol. The zero-order valence-electron chi connectivity index (χ0n) is 33.4. The molecule has 1 aliphatic carbocycles. The van der Waals surface area contributed by atoms with Gasteiger partial charge in [-0.25, -0.2) is 0 Å². The highest BCUT2D eigenvalue weighted by Gasteiger charge is 2.56. The second kappa shape index (κ2) is 15.9. The van der Waals surface area contributed by atoms with Crippen LogP contribution >= 0.6 is 0 Å². The Morgan fingerprint density at radius 3 is 2.63 bits per heavy atom. The van der Waals surface area contributed by atoms with Gasteiger partial charge in [0.05, 0.1) is 43.4 Å². The lowest BCUT2D eigenvalue weighted by molar-refractivity contribution is -0.329. The second-order valence-corrected chi connectivity index (χ2v) is 16.3. The molecule has 0 unspecified atom stereocenters. The molecule has 1 saturated heterocycles. The van der Waals surface area contributed by atoms with Crippen molar-refractivity contribution in [3.63, 3.8) is 0 Å². The van der Waals surface area contributed by atoms with Crippen molar-refractivity contribution >= 4 is 39.4 Å². The maximum atomic E-state index is 14.6. The van der Waals surface area contributed by atoms with Crippen LogP contribution in [0.15, 0.2) is 66.9 Å². The fraction of sp³-hybridized carbons (Fsp3) is 0.391. The highest BCUT2D eigenvalue weighted by atomic mass is 16.7. The van der Waals surface area contributed by atoms with E-state index in [4.69, 9.17) is 18.9 Å². The summed E-state index contributed by atoms with van der Waals surface area (Å²) >= 11 is 0. The monoisotopic (exact) mass is 819 g/mol. The smallest absolute Gasteiger partial charge is 0.254 e. The quantitative estimate of drug-likeness (QED) is 0.102. The van der Waals surface area contributed by atoms with E-state index in [0.717, 1.165) is 53.3 Å². The lowest BCUT2D eigenvalue weighted by Gasteiger charge is -2.47. The van der Waals surface area contributed by atoms with Crippen molar-refractivity contribution < 1.29 is 54.1 Å². The fourth-order valence-electron chi connectivity index (χ4n) is 9.43. The summed E-state index contributed by atoms with van der Waals surface area (Å²) < 4.78 is 25.2. The molecule has 0 spiro atoms. The number of phenolic OH excluding ortho intramolecular Hbond substituents is 1. The van der Waals surface area contributed by atoms with Gasteiger partial charge in [-0.3, -0.25) is 9.59 Å². The molecule has 4 heterocycles. The SMILES string of the molecule is CNCc1ccc2[nH]cc([C@H]3/C=C/c4c(OC)cc5cc(C6CCCC6)c(C(=O)CN6Cc7ccccc7C6=O)c(O)c5c4O[C@H]4O[C@H](CO3)[C@@H](O)[C@H](O)[C@]4(O)CO)c2c1. The van der Waals surface area contributed by atoms with E-state index in [2.05, 4.69) is 10.3 Å². The zero-order chi connectivity index (χ0) is 41.9. The number of carbonyl (C=O) groups is 2. The maximum Gasteiger partial charge on any atom is 0.254 e. The van der Waals surface area contributed by atoms with E-state index in [-0.39, 0.29) is 53.8 Å². The highest BCUT2D eigenvalue weighted by molar-refractivity contribution is 6.11. The van der Waals surface area contributed by atoms with E-state index in [1.54, 1.807) is 30.4 Å². The maximum absolute atomic E-state index is 14.6. The number of nitrogens with one attached hydrogen (secondary N) is 2. The van der Waals surface area contributed by atoms with Gasteiger partial charge in [0, 0.05) is 41.3 Å². The number of ether oxygens (including phenoxy) is 4. The van der Waals surface area contributed by atoms with E-state index in [1.165, 1.54) is 12.0 Å². The number of aromatic nitrogens is 1. The summed E-state index contributed by atoms with van der Waals surface area (Å²) in [4.78, 5) is 32.9. The summed E-state index contributed by atoms with van der Waals surface area (Å²) in [5, 5.41) is 62.2. The molecular weight excluding hydrogens is 771 g/mol. The average Bonchev–Trinajstić information content (AvgIpc) is 4.01. The van der Waals surface area contributed by atoms with E-state index in [9.17, 15) is 35.1 Å². The van der Waals surface area contributed by atoms with Crippen molar-refractivity contribution in [1.82, 2.24) is 15.2 Å². The first-order valence-electron chi connectivity index (χ1n) is 20.4. The molecule has 4 aromatic carbocycles. The normalized spacial score (nSPS) is 26.1. The fourth-order valence-corrected chi connectivity index (χ4v) is 9.43. The van der Waals surface area contributed by atoms with Gasteiger partial charge >= 0.3 is 0 Å². The molecule has 60 heavy (non-hydrogen) atoms. The predicted octanol–water partition coefficient (Wildman–Crippen LogP) is 4.58. The van der Waals surface area contributed by atoms with E-state index < -0.39 is 54.4 Å². The van der Waals surface area contributed by atoms with Crippen molar-refractivity contribution in [3.05, 3.63) is 106 Å². The summed E-state index contributed by atoms with van der Waals surface area (Å²) in [6.07, 6.45) is 1.28. The van der Waals surface area contributed by atoms with Crippen LogP contribution in [0.1, 0.15) is 86.2 Å². The van der Waals surface area contributed by atoms with Crippen LogP contribution in [0.4, 0.5) is 0 Å². The molecule has 2 bridgehead atoms. The van der Waals surface area contributed by atoms with Gasteiger partial charge in [-0.2, -0.15) is 0 Å². The van der Waals surface area contributed by atoms with Crippen molar-refractivity contribution in [3.8, 4) is 17.2 Å². The number of aliphatic hydroxyl groups excluding tert-OH is 3. The first-order chi connectivity index (χ1) is 29.0. The minimum atomic E-state index is -2.55. The summed E-state index contributed by atoms with van der Waals surface area (Å²) in [6.45, 7) is -0.743. The van der Waals surface area contributed by atoms with Crippen molar-refractivity contribution in [2.45, 2.75) is 81.0 Å². The lowest BCUT2D eigenvalue weighted by Crippen LogP contribution is -2.69. The summed E-state index contributed by atoms with van der Waals surface area (Å²) in [7, 11) is 3.35. The van der Waals surface area contributed by atoms with Gasteiger partial charge in [-0.05, 0) is 84.3 Å². The molecule has 314 valence electrons. The van der Waals surface area contributed by atoms with Gasteiger partial charge in [0.15, 0.2) is 11.4 Å². The lowest BCUT2D eigenvalue weighted by atomic mass is 9.86. The van der Waals surface area contributed by atoms with Crippen LogP contribution in [-0.4, -0.2) is 111 Å². The highest BCUT2D eigenvalue weighted by Crippen LogP contribution is 2.50. The number of aromatic hydroxyl groups is 1. The first kappa shape index (κ1) is 40.1.